The van der Waals surface area contributed by atoms with Crippen molar-refractivity contribution >= 4 is 18.1 Å². The molecule has 0 aromatic heterocycles. The Balaban J connectivity index is -0.000000689. The minimum Gasteiger partial charge on any atom is -1.00 e. The Kier molecular flexibility index (Phi) is 16.8. The number of hydrazone groups is 1. The summed E-state index contributed by atoms with van der Waals surface area (Å²) in [6, 6.07) is 6.10. The Morgan fingerprint density at radius 1 is 1.20 bits per heavy atom. The van der Waals surface area contributed by atoms with Crippen LogP contribution < -0.4 is 65.1 Å². The molecule has 6 N–H and O–H groups in total. The van der Waals surface area contributed by atoms with Crippen LogP contribution in [0.1, 0.15) is 0 Å². The monoisotopic (exact) mass is 510 g/mol. The van der Waals surface area contributed by atoms with Crippen LogP contribution in [-0.4, -0.2) is 38.2 Å². The van der Waals surface area contributed by atoms with Crippen molar-refractivity contribution in [2.45, 2.75) is 0 Å². The lowest BCUT2D eigenvalue weighted by Gasteiger charge is -2.13. The van der Waals surface area contributed by atoms with Crippen molar-refractivity contribution in [2.24, 2.45) is 16.0 Å². The van der Waals surface area contributed by atoms with Crippen LogP contribution in [0.25, 0.3) is 0 Å². The molecule has 0 saturated heterocycles. The van der Waals surface area contributed by atoms with Gasteiger partial charge in [0.15, 0.2) is 0 Å². The quantitative estimate of drug-likeness (QED) is 0.124. The van der Waals surface area contributed by atoms with E-state index >= 15 is 0 Å². The minimum absolute atomic E-state index is 0. The van der Waals surface area contributed by atoms with Crippen molar-refractivity contribution in [3.05, 3.63) is 30.1 Å². The van der Waals surface area contributed by atoms with E-state index in [-0.39, 0.29) is 53.8 Å². The molecule has 0 bridgehead atoms. The molecule has 0 amide bonds. The van der Waals surface area contributed by atoms with Crippen molar-refractivity contribution in [1.29, 1.82) is 0 Å². The van der Waals surface area contributed by atoms with E-state index in [2.05, 4.69) is 27.3 Å². The van der Waals surface area contributed by atoms with Crippen molar-refractivity contribution in [1.82, 2.24) is 0 Å². The number of hydrogen-bond acceptors (Lipinski definition) is 4. The van der Waals surface area contributed by atoms with Crippen molar-refractivity contribution in [3.8, 4) is 0 Å². The first-order valence-corrected chi connectivity index (χ1v) is 5.28. The highest BCUT2D eigenvalue weighted by molar-refractivity contribution is 6.15. The number of nitrogens with one attached hydrogen (secondary N) is 1. The van der Waals surface area contributed by atoms with Gasteiger partial charge in [0.05, 0.1) is 33.0 Å². The highest BCUT2D eigenvalue weighted by atomic mass is 127. The molecule has 0 aliphatic carbocycles. The van der Waals surface area contributed by atoms with Gasteiger partial charge in [0.2, 0.25) is 0 Å². The molecule has 0 aliphatic rings. The molecule has 0 heterocycles. The van der Waals surface area contributed by atoms with E-state index in [1.807, 2.05) is 21.1 Å². The van der Waals surface area contributed by atoms with Crippen LogP contribution in [0.4, 0.5) is 10.1 Å². The first-order valence-electron chi connectivity index (χ1n) is 5.28. The van der Waals surface area contributed by atoms with Crippen LogP contribution in [0.3, 0.4) is 0 Å². The zero-order valence-corrected chi connectivity index (χ0v) is 16.0. The van der Waals surface area contributed by atoms with Crippen molar-refractivity contribution in [2.75, 3.05) is 26.6 Å². The normalized spacial score (nSPS) is 10.3. The fourth-order valence-corrected chi connectivity index (χ4v) is 0.933. The second-order valence-electron chi connectivity index (χ2n) is 4.11. The summed E-state index contributed by atoms with van der Waals surface area (Å²) in [5.41, 5.74) is 3.31. The smallest absolute Gasteiger partial charge is 0.125 e. The van der Waals surface area contributed by atoms with Gasteiger partial charge in [-0.1, -0.05) is 11.2 Å². The number of benzene rings is 1. The van der Waals surface area contributed by atoms with Gasteiger partial charge in [0, 0.05) is 0 Å². The molecule has 9 heteroatoms. The lowest BCUT2D eigenvalue weighted by atomic mass is 10.3. The summed E-state index contributed by atoms with van der Waals surface area (Å²) in [6.07, 6.45) is 3.11. The summed E-state index contributed by atoms with van der Waals surface area (Å²) >= 11 is 0. The van der Waals surface area contributed by atoms with Gasteiger partial charge >= 0.3 is 0 Å². The highest BCUT2D eigenvalue weighted by Gasteiger charge is 1.99. The van der Waals surface area contributed by atoms with E-state index in [1.54, 1.807) is 18.3 Å². The van der Waals surface area contributed by atoms with Gasteiger partial charge in [-0.3, -0.25) is 11.3 Å². The molecular weight excluding hydrogens is 489 g/mol. The van der Waals surface area contributed by atoms with Gasteiger partial charge in [0.1, 0.15) is 12.0 Å². The summed E-state index contributed by atoms with van der Waals surface area (Å²) < 4.78 is 13.3. The molecule has 1 aromatic rings. The summed E-state index contributed by atoms with van der Waals surface area (Å²) in [7, 11) is 5.80. The van der Waals surface area contributed by atoms with E-state index in [9.17, 15) is 4.39 Å². The Bertz CT molecular complexity index is 406. The SMILES string of the molecule is C[N+](C)(C)/N=C/C=N/Nc1cccc(F)c1.N[NH3+].[I-].[I-]. The molecule has 20 heavy (non-hydrogen) atoms. The zero-order valence-electron chi connectivity index (χ0n) is 11.7. The summed E-state index contributed by atoms with van der Waals surface area (Å²) in [5, 5.41) is 8.04. The van der Waals surface area contributed by atoms with Gasteiger partial charge in [-0.25, -0.2) is 8.98 Å². The number of hydrogen-bond donors (Lipinski definition) is 3. The molecular formula is C11H21FI2N6. The average Bonchev–Trinajstić information content (AvgIpc) is 2.30. The summed E-state index contributed by atoms with van der Waals surface area (Å²) in [4.78, 5) is 0. The second kappa shape index (κ2) is 13.6. The van der Waals surface area contributed by atoms with Crippen molar-refractivity contribution in [3.63, 3.8) is 0 Å². The van der Waals surface area contributed by atoms with Gasteiger partial charge in [-0.05, 0) is 18.2 Å². The second-order valence-corrected chi connectivity index (χ2v) is 4.11. The number of nitrogens with two attached hydrogens (primary N) is 1. The van der Waals surface area contributed by atoms with E-state index in [0.717, 1.165) is 0 Å². The fourth-order valence-electron chi connectivity index (χ4n) is 0.933. The number of anilines is 1. The average molecular weight is 510 g/mol. The Hall–Kier alpha value is -0.370. The number of rotatable bonds is 4. The molecule has 0 fully saturated rings. The molecule has 116 valence electrons. The number of quaternary nitrogens is 2. The third-order valence-corrected chi connectivity index (χ3v) is 1.57. The van der Waals surface area contributed by atoms with E-state index < -0.39 is 0 Å². The van der Waals surface area contributed by atoms with Gasteiger partial charge in [-0.2, -0.15) is 10.9 Å². The zero-order chi connectivity index (χ0) is 14.0. The summed E-state index contributed by atoms with van der Waals surface area (Å²) in [5.74, 6) is 6.71. The molecule has 0 radical (unpaired) electrons. The lowest BCUT2D eigenvalue weighted by molar-refractivity contribution is -0.876. The largest absolute Gasteiger partial charge is 1.00 e. The van der Waals surface area contributed by atoms with Crippen LogP contribution in [-0.2, 0) is 0 Å². The molecule has 6 nitrogen and oxygen atoms in total. The molecule has 0 spiro atoms. The standard InChI is InChI=1S/C11H16FN4.2HI.H4N2/c1-16(2,3)14-8-7-13-15-11-6-4-5-10(12)9-11;;;1-2/h4-9,15H,1-3H3;2*1H;1-2H2/q+1;;;/p-1/b13-7+,14-8+;;;. The molecule has 0 unspecified atom stereocenters. The van der Waals surface area contributed by atoms with Crippen LogP contribution in [0.2, 0.25) is 0 Å². The Morgan fingerprint density at radius 2 is 1.80 bits per heavy atom. The third-order valence-electron chi connectivity index (χ3n) is 1.57. The van der Waals surface area contributed by atoms with Gasteiger partial charge in [0.25, 0.3) is 0 Å². The maximum atomic E-state index is 12.8. The highest BCUT2D eigenvalue weighted by Crippen LogP contribution is 2.08. The lowest BCUT2D eigenvalue weighted by Crippen LogP contribution is -3.00. The van der Waals surface area contributed by atoms with E-state index in [1.165, 1.54) is 18.3 Å². The first-order chi connectivity index (χ1) is 8.47. The van der Waals surface area contributed by atoms with Crippen LogP contribution in [0.15, 0.2) is 34.5 Å². The van der Waals surface area contributed by atoms with Gasteiger partial charge < -0.3 is 48.0 Å². The minimum atomic E-state index is -0.291. The van der Waals surface area contributed by atoms with Crippen molar-refractivity contribution < 1.29 is 62.8 Å². The predicted molar refractivity (Wildman–Crippen MR) is 72.1 cm³/mol. The first kappa shape index (κ1) is 24.6. The van der Waals surface area contributed by atoms with Crippen LogP contribution >= 0.6 is 0 Å². The predicted octanol–water partition coefficient (Wildman–Crippen LogP) is -5.97. The fraction of sp³-hybridized carbons (Fsp3) is 0.273. The maximum Gasteiger partial charge on any atom is 0.125 e. The summed E-state index contributed by atoms with van der Waals surface area (Å²) in [6.45, 7) is 0. The molecule has 0 saturated carbocycles. The van der Waals surface area contributed by atoms with Crippen LogP contribution in [0, 0.1) is 5.82 Å². The van der Waals surface area contributed by atoms with E-state index in [0.29, 0.717) is 10.3 Å². The number of halogens is 3. The van der Waals surface area contributed by atoms with E-state index in [4.69, 9.17) is 0 Å². The molecule has 1 rings (SSSR count). The topological polar surface area (TPSA) is 90.4 Å². The Morgan fingerprint density at radius 3 is 2.30 bits per heavy atom. The third kappa shape index (κ3) is 14.0. The number of nitrogens with zero attached hydrogens (tertiary/aromatic N) is 3. The van der Waals surface area contributed by atoms with Gasteiger partial charge in [-0.15, -0.1) is 0 Å². The molecule has 0 atom stereocenters. The van der Waals surface area contributed by atoms with Crippen LogP contribution in [0.5, 0.6) is 0 Å². The molecule has 0 aliphatic heterocycles. The Labute approximate surface area is 153 Å². The molecule has 1 aromatic carbocycles. The maximum absolute atomic E-state index is 12.8.